The maximum atomic E-state index is 9.39. The van der Waals surface area contributed by atoms with E-state index in [1.807, 2.05) is 13.8 Å². The van der Waals surface area contributed by atoms with Gasteiger partial charge in [0.15, 0.2) is 5.96 Å². The molecule has 3 N–H and O–H groups in total. The van der Waals surface area contributed by atoms with E-state index in [0.29, 0.717) is 13.2 Å². The Balaban J connectivity index is 0.00000729. The van der Waals surface area contributed by atoms with Crippen LogP contribution >= 0.6 is 24.0 Å². The molecule has 0 unspecified atom stereocenters. The molecule has 0 radical (unpaired) electrons. The minimum absolute atomic E-state index is 0. The maximum Gasteiger partial charge on any atom is 0.191 e. The number of guanidine groups is 1. The minimum atomic E-state index is 0. The van der Waals surface area contributed by atoms with Gasteiger partial charge in [-0.1, -0.05) is 38.1 Å². The lowest BCUT2D eigenvalue weighted by Crippen LogP contribution is -2.43. The first-order chi connectivity index (χ1) is 13.0. The number of halogens is 1. The Morgan fingerprint density at radius 2 is 1.68 bits per heavy atom. The van der Waals surface area contributed by atoms with Gasteiger partial charge in [-0.2, -0.15) is 0 Å². The molecule has 1 rings (SSSR count). The number of ether oxygens (including phenoxy) is 1. The molecule has 0 amide bonds. The van der Waals surface area contributed by atoms with E-state index in [2.05, 4.69) is 55.7 Å². The maximum absolute atomic E-state index is 9.39. The van der Waals surface area contributed by atoms with Crippen molar-refractivity contribution in [1.29, 1.82) is 0 Å². The van der Waals surface area contributed by atoms with Crippen LogP contribution in [-0.2, 0) is 17.9 Å². The summed E-state index contributed by atoms with van der Waals surface area (Å²) in [5.41, 5.74) is 2.47. The van der Waals surface area contributed by atoms with Gasteiger partial charge in [-0.25, -0.2) is 4.99 Å². The average Bonchev–Trinajstić information content (AvgIpc) is 2.68. The molecule has 1 aromatic carbocycles. The largest absolute Gasteiger partial charge is 0.396 e. The van der Waals surface area contributed by atoms with Gasteiger partial charge < -0.3 is 20.5 Å². The molecule has 5 nitrogen and oxygen atoms in total. The number of benzene rings is 1. The molecule has 28 heavy (non-hydrogen) atoms. The van der Waals surface area contributed by atoms with Crippen LogP contribution in [0.1, 0.15) is 65.0 Å². The van der Waals surface area contributed by atoms with Crippen LogP contribution in [0.5, 0.6) is 0 Å². The third-order valence-electron chi connectivity index (χ3n) is 5.14. The highest BCUT2D eigenvalue weighted by atomic mass is 127. The predicted octanol–water partition coefficient (Wildman–Crippen LogP) is 4.47. The molecule has 0 bridgehead atoms. The summed E-state index contributed by atoms with van der Waals surface area (Å²) >= 11 is 0. The Bertz CT molecular complexity index is 543. The van der Waals surface area contributed by atoms with Crippen molar-refractivity contribution in [2.45, 2.75) is 73.1 Å². The summed E-state index contributed by atoms with van der Waals surface area (Å²) in [7, 11) is 0. The third-order valence-corrected chi connectivity index (χ3v) is 5.14. The Hall–Kier alpha value is -0.860. The Kier molecular flexibility index (Phi) is 14.6. The normalized spacial score (nSPS) is 12.0. The zero-order chi connectivity index (χ0) is 20.1. The summed E-state index contributed by atoms with van der Waals surface area (Å²) in [6.45, 7) is 13.7. The van der Waals surface area contributed by atoms with Gasteiger partial charge in [0.1, 0.15) is 0 Å². The van der Waals surface area contributed by atoms with E-state index in [1.165, 1.54) is 11.1 Å². The zero-order valence-electron chi connectivity index (χ0n) is 18.3. The van der Waals surface area contributed by atoms with Crippen LogP contribution in [0, 0.1) is 5.41 Å². The number of hydrogen-bond acceptors (Lipinski definition) is 3. The summed E-state index contributed by atoms with van der Waals surface area (Å²) in [6.07, 6.45) is 3.13. The lowest BCUT2D eigenvalue weighted by atomic mass is 9.79. The van der Waals surface area contributed by atoms with Crippen molar-refractivity contribution in [2.24, 2.45) is 10.4 Å². The second kappa shape index (κ2) is 15.0. The minimum Gasteiger partial charge on any atom is -0.396 e. The standard InChI is InChI=1S/C22H39N3O2.HI/c1-6-22(7-2,13-14-26)17-25-21(23-8-3)24-15-19-9-11-20(12-10-19)16-27-18(4)5;/h9-12,18,26H,6-8,13-17H2,1-5H3,(H2,23,24,25);1H. The highest BCUT2D eigenvalue weighted by Crippen LogP contribution is 2.29. The van der Waals surface area contributed by atoms with Gasteiger partial charge in [0.05, 0.1) is 19.3 Å². The van der Waals surface area contributed by atoms with Crippen molar-refractivity contribution < 1.29 is 9.84 Å². The van der Waals surface area contributed by atoms with Gasteiger partial charge in [-0.3, -0.25) is 0 Å². The number of nitrogens with one attached hydrogen (secondary N) is 2. The summed E-state index contributed by atoms with van der Waals surface area (Å²) in [4.78, 5) is 4.72. The molecule has 0 heterocycles. The monoisotopic (exact) mass is 505 g/mol. The average molecular weight is 505 g/mol. The van der Waals surface area contributed by atoms with Crippen molar-refractivity contribution in [1.82, 2.24) is 10.6 Å². The lowest BCUT2D eigenvalue weighted by Gasteiger charge is -2.32. The molecule has 162 valence electrons. The molecule has 0 aliphatic carbocycles. The van der Waals surface area contributed by atoms with E-state index in [1.54, 1.807) is 0 Å². The molecular formula is C22H40IN3O2. The van der Waals surface area contributed by atoms with E-state index in [4.69, 9.17) is 9.73 Å². The third kappa shape index (κ3) is 10.1. The Labute approximate surface area is 188 Å². The fourth-order valence-corrected chi connectivity index (χ4v) is 2.97. The van der Waals surface area contributed by atoms with Gasteiger partial charge in [0.25, 0.3) is 0 Å². The molecule has 0 aromatic heterocycles. The SMILES string of the molecule is CCNC(=NCc1ccc(COC(C)C)cc1)NCC(CC)(CC)CCO.I. The van der Waals surface area contributed by atoms with Crippen LogP contribution in [0.3, 0.4) is 0 Å². The number of aliphatic hydroxyl groups is 1. The van der Waals surface area contributed by atoms with Crippen LogP contribution in [0.4, 0.5) is 0 Å². The van der Waals surface area contributed by atoms with Crippen LogP contribution in [0.15, 0.2) is 29.3 Å². The van der Waals surface area contributed by atoms with E-state index >= 15 is 0 Å². The fourth-order valence-electron chi connectivity index (χ4n) is 2.97. The van der Waals surface area contributed by atoms with Crippen molar-refractivity contribution in [3.63, 3.8) is 0 Å². The summed E-state index contributed by atoms with van der Waals surface area (Å²) in [5.74, 6) is 0.828. The first-order valence-electron chi connectivity index (χ1n) is 10.3. The first-order valence-corrected chi connectivity index (χ1v) is 10.3. The van der Waals surface area contributed by atoms with Crippen LogP contribution in [0.2, 0.25) is 0 Å². The zero-order valence-corrected chi connectivity index (χ0v) is 20.6. The second-order valence-electron chi connectivity index (χ2n) is 7.41. The van der Waals surface area contributed by atoms with Crippen LogP contribution < -0.4 is 10.6 Å². The van der Waals surface area contributed by atoms with Crippen LogP contribution in [-0.4, -0.2) is 36.9 Å². The number of rotatable bonds is 12. The topological polar surface area (TPSA) is 65.9 Å². The molecule has 0 fully saturated rings. The van der Waals surface area contributed by atoms with E-state index in [0.717, 1.165) is 38.3 Å². The van der Waals surface area contributed by atoms with Crippen LogP contribution in [0.25, 0.3) is 0 Å². The lowest BCUT2D eigenvalue weighted by molar-refractivity contribution is 0.0657. The van der Waals surface area contributed by atoms with Crippen molar-refractivity contribution in [3.8, 4) is 0 Å². The molecule has 0 aliphatic heterocycles. The molecule has 0 saturated heterocycles. The Morgan fingerprint density at radius 3 is 2.18 bits per heavy atom. The van der Waals surface area contributed by atoms with E-state index in [-0.39, 0.29) is 42.1 Å². The predicted molar refractivity (Wildman–Crippen MR) is 129 cm³/mol. The molecule has 6 heteroatoms. The van der Waals surface area contributed by atoms with Gasteiger partial charge in [-0.05, 0) is 56.6 Å². The fraction of sp³-hybridized carbons (Fsp3) is 0.682. The van der Waals surface area contributed by atoms with E-state index < -0.39 is 0 Å². The Morgan fingerprint density at radius 1 is 1.07 bits per heavy atom. The highest BCUT2D eigenvalue weighted by molar-refractivity contribution is 14.0. The van der Waals surface area contributed by atoms with Crippen molar-refractivity contribution in [3.05, 3.63) is 35.4 Å². The molecule has 1 aromatic rings. The number of aliphatic imine (C=N–C) groups is 1. The quantitative estimate of drug-likeness (QED) is 0.223. The molecule has 0 aliphatic rings. The van der Waals surface area contributed by atoms with Gasteiger partial charge in [0, 0.05) is 19.7 Å². The van der Waals surface area contributed by atoms with Gasteiger partial charge in [0.2, 0.25) is 0 Å². The first kappa shape index (κ1) is 27.1. The van der Waals surface area contributed by atoms with E-state index in [9.17, 15) is 5.11 Å². The summed E-state index contributed by atoms with van der Waals surface area (Å²) < 4.78 is 5.64. The molecule has 0 atom stereocenters. The summed E-state index contributed by atoms with van der Waals surface area (Å²) in [6, 6.07) is 8.43. The molecule has 0 spiro atoms. The number of aliphatic hydroxyl groups excluding tert-OH is 1. The van der Waals surface area contributed by atoms with Crippen molar-refractivity contribution in [2.75, 3.05) is 19.7 Å². The molecule has 0 saturated carbocycles. The number of hydrogen-bond donors (Lipinski definition) is 3. The smallest absolute Gasteiger partial charge is 0.191 e. The molecular weight excluding hydrogens is 465 g/mol. The van der Waals surface area contributed by atoms with Crippen molar-refractivity contribution >= 4 is 29.9 Å². The number of nitrogens with zero attached hydrogens (tertiary/aromatic N) is 1. The van der Waals surface area contributed by atoms with Gasteiger partial charge in [-0.15, -0.1) is 24.0 Å². The highest BCUT2D eigenvalue weighted by Gasteiger charge is 2.25. The van der Waals surface area contributed by atoms with Gasteiger partial charge >= 0.3 is 0 Å². The second-order valence-corrected chi connectivity index (χ2v) is 7.41. The summed E-state index contributed by atoms with van der Waals surface area (Å²) in [5, 5.41) is 16.2.